The average molecular weight is 404 g/mol. The second-order valence-corrected chi connectivity index (χ2v) is 7.67. The predicted molar refractivity (Wildman–Crippen MR) is 97.8 cm³/mol. The van der Waals surface area contributed by atoms with Crippen LogP contribution in [0.15, 0.2) is 60.0 Å². The van der Waals surface area contributed by atoms with Crippen molar-refractivity contribution in [1.82, 2.24) is 24.5 Å². The SMILES string of the molecule is Cn1ncc2cccc(NS(=O)(=O)c3ccc(-n4cc(C(F)F)cn4)nc3)c21. The van der Waals surface area contributed by atoms with E-state index >= 15 is 0 Å². The number of pyridine rings is 1. The van der Waals surface area contributed by atoms with Crippen LogP contribution in [0.1, 0.15) is 12.0 Å². The fourth-order valence-corrected chi connectivity index (χ4v) is 3.77. The standard InChI is InChI=1S/C17H14F2N6O2S/c1-24-16-11(7-21-24)3-2-4-14(16)23-28(26,27)13-5-6-15(20-9-13)25-10-12(8-22-25)17(18)19/h2-10,17,23H,1H3. The number of nitrogens with zero attached hydrogens (tertiary/aromatic N) is 5. The first-order valence-electron chi connectivity index (χ1n) is 8.08. The molecule has 0 aliphatic rings. The lowest BCUT2D eigenvalue weighted by molar-refractivity contribution is 0.151. The quantitative estimate of drug-likeness (QED) is 0.552. The van der Waals surface area contributed by atoms with E-state index in [0.29, 0.717) is 11.2 Å². The van der Waals surface area contributed by atoms with Crippen molar-refractivity contribution in [3.05, 3.63) is 60.7 Å². The number of nitrogens with one attached hydrogen (secondary N) is 1. The number of benzene rings is 1. The summed E-state index contributed by atoms with van der Waals surface area (Å²) in [7, 11) is -2.19. The second-order valence-electron chi connectivity index (χ2n) is 5.99. The highest BCUT2D eigenvalue weighted by atomic mass is 32.2. The van der Waals surface area contributed by atoms with Crippen LogP contribution in [0.3, 0.4) is 0 Å². The Morgan fingerprint density at radius 3 is 2.57 bits per heavy atom. The molecule has 144 valence electrons. The number of anilines is 1. The minimum Gasteiger partial charge on any atom is -0.277 e. The maximum atomic E-state index is 12.7. The second kappa shape index (κ2) is 6.68. The minimum atomic E-state index is -3.91. The zero-order chi connectivity index (χ0) is 19.9. The van der Waals surface area contributed by atoms with E-state index in [1.54, 1.807) is 30.1 Å². The summed E-state index contributed by atoms with van der Waals surface area (Å²) >= 11 is 0. The van der Waals surface area contributed by atoms with Crippen molar-refractivity contribution in [2.75, 3.05) is 4.72 Å². The topological polar surface area (TPSA) is 94.7 Å². The van der Waals surface area contributed by atoms with E-state index in [9.17, 15) is 17.2 Å². The molecule has 3 heterocycles. The van der Waals surface area contributed by atoms with E-state index in [4.69, 9.17) is 0 Å². The molecule has 0 saturated carbocycles. The Morgan fingerprint density at radius 1 is 1.07 bits per heavy atom. The highest BCUT2D eigenvalue weighted by molar-refractivity contribution is 7.92. The van der Waals surface area contributed by atoms with Gasteiger partial charge in [-0.1, -0.05) is 12.1 Å². The molecule has 0 radical (unpaired) electrons. The van der Waals surface area contributed by atoms with Gasteiger partial charge in [-0.2, -0.15) is 10.2 Å². The van der Waals surface area contributed by atoms with Crippen LogP contribution < -0.4 is 4.72 Å². The van der Waals surface area contributed by atoms with E-state index in [1.807, 2.05) is 6.07 Å². The molecule has 1 N–H and O–H groups in total. The summed E-state index contributed by atoms with van der Waals surface area (Å²) in [6, 6.07) is 7.91. The van der Waals surface area contributed by atoms with Crippen molar-refractivity contribution in [3.8, 4) is 5.82 Å². The molecule has 0 spiro atoms. The van der Waals surface area contributed by atoms with Crippen LogP contribution in [0.2, 0.25) is 0 Å². The van der Waals surface area contributed by atoms with E-state index in [-0.39, 0.29) is 16.3 Å². The first-order valence-corrected chi connectivity index (χ1v) is 9.56. The van der Waals surface area contributed by atoms with Gasteiger partial charge >= 0.3 is 0 Å². The first-order chi connectivity index (χ1) is 13.3. The molecule has 0 bridgehead atoms. The summed E-state index contributed by atoms with van der Waals surface area (Å²) in [6.07, 6.45) is 2.31. The van der Waals surface area contributed by atoms with Gasteiger partial charge in [-0.15, -0.1) is 0 Å². The Balaban J connectivity index is 1.63. The molecule has 28 heavy (non-hydrogen) atoms. The van der Waals surface area contributed by atoms with Gasteiger partial charge in [0, 0.05) is 24.8 Å². The lowest BCUT2D eigenvalue weighted by Crippen LogP contribution is -2.14. The summed E-state index contributed by atoms with van der Waals surface area (Å²) in [5.41, 5.74) is 0.784. The monoisotopic (exact) mass is 404 g/mol. The molecule has 8 nitrogen and oxygen atoms in total. The van der Waals surface area contributed by atoms with Crippen molar-refractivity contribution < 1.29 is 17.2 Å². The number of halogens is 2. The molecule has 0 amide bonds. The zero-order valence-corrected chi connectivity index (χ0v) is 15.3. The smallest absolute Gasteiger partial charge is 0.266 e. The number of sulfonamides is 1. The molecular formula is C17H14F2N6O2S. The largest absolute Gasteiger partial charge is 0.277 e. The molecule has 4 aromatic rings. The maximum absolute atomic E-state index is 12.7. The number of aromatic nitrogens is 5. The van der Waals surface area contributed by atoms with Crippen molar-refractivity contribution in [2.24, 2.45) is 7.05 Å². The van der Waals surface area contributed by atoms with E-state index in [2.05, 4.69) is 19.9 Å². The molecule has 0 aliphatic carbocycles. The third-order valence-corrected chi connectivity index (χ3v) is 5.48. The molecule has 0 atom stereocenters. The van der Waals surface area contributed by atoms with Gasteiger partial charge in [0.05, 0.1) is 29.2 Å². The number of hydrogen-bond donors (Lipinski definition) is 1. The maximum Gasteiger partial charge on any atom is 0.266 e. The molecule has 0 fully saturated rings. The summed E-state index contributed by atoms with van der Waals surface area (Å²) in [5.74, 6) is 0.222. The number of alkyl halides is 2. The Hall–Kier alpha value is -3.34. The lowest BCUT2D eigenvalue weighted by atomic mass is 10.2. The highest BCUT2D eigenvalue weighted by Crippen LogP contribution is 2.25. The third kappa shape index (κ3) is 3.20. The van der Waals surface area contributed by atoms with Gasteiger partial charge < -0.3 is 0 Å². The van der Waals surface area contributed by atoms with E-state index in [1.165, 1.54) is 12.1 Å². The van der Waals surface area contributed by atoms with Crippen molar-refractivity contribution in [1.29, 1.82) is 0 Å². The fourth-order valence-electron chi connectivity index (χ4n) is 2.76. The first kappa shape index (κ1) is 18.0. The molecular weight excluding hydrogens is 390 g/mol. The summed E-state index contributed by atoms with van der Waals surface area (Å²) in [6.45, 7) is 0. The molecule has 0 saturated heterocycles. The summed E-state index contributed by atoms with van der Waals surface area (Å²) in [5, 5.41) is 8.73. The number of aryl methyl sites for hydroxylation is 1. The van der Waals surface area contributed by atoms with E-state index in [0.717, 1.165) is 28.7 Å². The van der Waals surface area contributed by atoms with Crippen LogP contribution in [0.4, 0.5) is 14.5 Å². The van der Waals surface area contributed by atoms with Crippen LogP contribution in [0, 0.1) is 0 Å². The van der Waals surface area contributed by atoms with Gasteiger partial charge in [-0.25, -0.2) is 26.9 Å². The van der Waals surface area contributed by atoms with Gasteiger partial charge in [-0.3, -0.25) is 9.40 Å². The highest BCUT2D eigenvalue weighted by Gasteiger charge is 2.18. The molecule has 1 aromatic carbocycles. The fraction of sp³-hybridized carbons (Fsp3) is 0.118. The number of hydrogen-bond acceptors (Lipinski definition) is 5. The van der Waals surface area contributed by atoms with Gasteiger partial charge in [0.15, 0.2) is 5.82 Å². The molecule has 0 unspecified atom stereocenters. The average Bonchev–Trinajstić information content (AvgIpc) is 3.30. The van der Waals surface area contributed by atoms with Gasteiger partial charge in [0.2, 0.25) is 0 Å². The molecule has 11 heteroatoms. The van der Waals surface area contributed by atoms with Crippen molar-refractivity contribution in [2.45, 2.75) is 11.3 Å². The molecule has 3 aromatic heterocycles. The Morgan fingerprint density at radius 2 is 1.89 bits per heavy atom. The summed E-state index contributed by atoms with van der Waals surface area (Å²) in [4.78, 5) is 3.95. The lowest BCUT2D eigenvalue weighted by Gasteiger charge is -2.10. The van der Waals surface area contributed by atoms with E-state index < -0.39 is 16.4 Å². The zero-order valence-electron chi connectivity index (χ0n) is 14.5. The number of rotatable bonds is 5. The summed E-state index contributed by atoms with van der Waals surface area (Å²) < 4.78 is 56.0. The van der Waals surface area contributed by atoms with Crippen LogP contribution in [0.5, 0.6) is 0 Å². The third-order valence-electron chi connectivity index (χ3n) is 4.13. The molecule has 0 aliphatic heterocycles. The number of fused-ring (bicyclic) bond motifs is 1. The van der Waals surface area contributed by atoms with Gasteiger partial charge in [0.1, 0.15) is 4.90 Å². The van der Waals surface area contributed by atoms with Gasteiger partial charge in [0.25, 0.3) is 16.4 Å². The Bertz CT molecular complexity index is 1250. The molecule has 4 rings (SSSR count). The number of para-hydroxylation sites is 1. The minimum absolute atomic E-state index is 0.0725. The van der Waals surface area contributed by atoms with Crippen LogP contribution in [0.25, 0.3) is 16.7 Å². The van der Waals surface area contributed by atoms with Crippen LogP contribution in [-0.4, -0.2) is 33.0 Å². The van der Waals surface area contributed by atoms with Crippen molar-refractivity contribution >= 4 is 26.6 Å². The Kier molecular flexibility index (Phi) is 4.30. The predicted octanol–water partition coefficient (Wildman–Crippen LogP) is 2.89. The van der Waals surface area contributed by atoms with Crippen LogP contribution >= 0.6 is 0 Å². The normalized spacial score (nSPS) is 12.0. The van der Waals surface area contributed by atoms with Crippen molar-refractivity contribution in [3.63, 3.8) is 0 Å². The van der Waals surface area contributed by atoms with Crippen LogP contribution in [-0.2, 0) is 17.1 Å². The van der Waals surface area contributed by atoms with Gasteiger partial charge in [-0.05, 0) is 18.2 Å². The Labute approximate surface area is 158 Å².